The number of thiazole rings is 1. The first kappa shape index (κ1) is 15.0. The van der Waals surface area contributed by atoms with Crippen molar-refractivity contribution in [2.75, 3.05) is 31.7 Å². The second-order valence-electron chi connectivity index (χ2n) is 5.36. The molecule has 0 bridgehead atoms. The first-order valence-corrected chi connectivity index (χ1v) is 7.34. The van der Waals surface area contributed by atoms with Crippen molar-refractivity contribution in [1.82, 2.24) is 4.98 Å². The summed E-state index contributed by atoms with van der Waals surface area (Å²) in [7, 11) is 1.93. The third kappa shape index (κ3) is 3.36. The van der Waals surface area contributed by atoms with E-state index in [0.717, 1.165) is 15.6 Å². The number of nitrogens with zero attached hydrogens (tertiary/aromatic N) is 2. The monoisotopic (exact) mass is 292 g/mol. The lowest BCUT2D eigenvalue weighted by Crippen LogP contribution is -2.39. The SMILES string of the molecule is CN(CC(C)(CO)CO)c1ncc(-c2ccccc2)s1. The number of hydrogen-bond acceptors (Lipinski definition) is 5. The molecule has 0 saturated heterocycles. The van der Waals surface area contributed by atoms with Gasteiger partial charge in [-0.1, -0.05) is 48.6 Å². The fourth-order valence-corrected chi connectivity index (χ4v) is 2.85. The quantitative estimate of drug-likeness (QED) is 0.857. The van der Waals surface area contributed by atoms with Gasteiger partial charge in [0.05, 0.1) is 18.1 Å². The molecule has 5 heteroatoms. The highest BCUT2D eigenvalue weighted by Gasteiger charge is 2.25. The number of benzene rings is 1. The van der Waals surface area contributed by atoms with Crippen molar-refractivity contribution in [2.24, 2.45) is 5.41 Å². The molecule has 20 heavy (non-hydrogen) atoms. The lowest BCUT2D eigenvalue weighted by Gasteiger charge is -2.30. The van der Waals surface area contributed by atoms with Gasteiger partial charge in [-0.05, 0) is 5.56 Å². The minimum absolute atomic E-state index is 0.0508. The van der Waals surface area contributed by atoms with Gasteiger partial charge in [0.1, 0.15) is 0 Å². The van der Waals surface area contributed by atoms with Crippen LogP contribution >= 0.6 is 11.3 Å². The van der Waals surface area contributed by atoms with E-state index in [0.29, 0.717) is 6.54 Å². The van der Waals surface area contributed by atoms with Crippen molar-refractivity contribution in [3.8, 4) is 10.4 Å². The van der Waals surface area contributed by atoms with Crippen LogP contribution in [0.1, 0.15) is 6.92 Å². The van der Waals surface area contributed by atoms with Crippen LogP contribution in [0, 0.1) is 5.41 Å². The Hall–Kier alpha value is -1.43. The number of aliphatic hydroxyl groups is 2. The van der Waals surface area contributed by atoms with E-state index >= 15 is 0 Å². The molecule has 0 spiro atoms. The molecule has 0 fully saturated rings. The highest BCUT2D eigenvalue weighted by molar-refractivity contribution is 7.18. The van der Waals surface area contributed by atoms with Crippen LogP contribution < -0.4 is 4.90 Å². The summed E-state index contributed by atoms with van der Waals surface area (Å²) in [6.45, 7) is 2.31. The average Bonchev–Trinajstić information content (AvgIpc) is 2.98. The molecule has 0 saturated carbocycles. The summed E-state index contributed by atoms with van der Waals surface area (Å²) in [5.74, 6) is 0. The van der Waals surface area contributed by atoms with Gasteiger partial charge in [0.2, 0.25) is 0 Å². The van der Waals surface area contributed by atoms with Crippen LogP contribution in [0.4, 0.5) is 5.13 Å². The van der Waals surface area contributed by atoms with Crippen molar-refractivity contribution < 1.29 is 10.2 Å². The summed E-state index contributed by atoms with van der Waals surface area (Å²) < 4.78 is 0. The van der Waals surface area contributed by atoms with Gasteiger partial charge in [0.25, 0.3) is 0 Å². The molecule has 2 rings (SSSR count). The maximum absolute atomic E-state index is 9.36. The Bertz CT molecular complexity index is 538. The second kappa shape index (κ2) is 6.35. The van der Waals surface area contributed by atoms with Crippen LogP contribution in [0.25, 0.3) is 10.4 Å². The Labute approximate surface area is 123 Å². The first-order chi connectivity index (χ1) is 9.58. The van der Waals surface area contributed by atoms with Crippen LogP contribution in [0.5, 0.6) is 0 Å². The average molecular weight is 292 g/mol. The van der Waals surface area contributed by atoms with Gasteiger partial charge in [-0.3, -0.25) is 0 Å². The van der Waals surface area contributed by atoms with E-state index in [-0.39, 0.29) is 13.2 Å². The summed E-state index contributed by atoms with van der Waals surface area (Å²) in [6.07, 6.45) is 1.86. The first-order valence-electron chi connectivity index (χ1n) is 6.52. The van der Waals surface area contributed by atoms with Gasteiger partial charge in [-0.25, -0.2) is 4.98 Å². The summed E-state index contributed by atoms with van der Waals surface area (Å²) in [6, 6.07) is 10.1. The summed E-state index contributed by atoms with van der Waals surface area (Å²) in [4.78, 5) is 7.52. The highest BCUT2D eigenvalue weighted by atomic mass is 32.1. The Morgan fingerprint density at radius 3 is 2.45 bits per heavy atom. The molecule has 0 atom stereocenters. The van der Waals surface area contributed by atoms with E-state index in [1.54, 1.807) is 11.3 Å². The molecule has 1 aromatic heterocycles. The number of rotatable bonds is 6. The van der Waals surface area contributed by atoms with Crippen LogP contribution in [-0.4, -0.2) is 42.0 Å². The Balaban J connectivity index is 2.13. The summed E-state index contributed by atoms with van der Waals surface area (Å²) in [5.41, 5.74) is 0.629. The van der Waals surface area contributed by atoms with E-state index in [9.17, 15) is 10.2 Å². The van der Waals surface area contributed by atoms with Gasteiger partial charge >= 0.3 is 0 Å². The molecule has 0 radical (unpaired) electrons. The molecule has 2 N–H and O–H groups in total. The lowest BCUT2D eigenvalue weighted by molar-refractivity contribution is 0.0762. The summed E-state index contributed by atoms with van der Waals surface area (Å²) >= 11 is 1.61. The topological polar surface area (TPSA) is 56.6 Å². The van der Waals surface area contributed by atoms with E-state index < -0.39 is 5.41 Å². The van der Waals surface area contributed by atoms with Crippen LogP contribution in [0.2, 0.25) is 0 Å². The predicted molar refractivity (Wildman–Crippen MR) is 83.1 cm³/mol. The second-order valence-corrected chi connectivity index (χ2v) is 6.37. The van der Waals surface area contributed by atoms with Crippen LogP contribution in [-0.2, 0) is 0 Å². The molecule has 108 valence electrons. The predicted octanol–water partition coefficient (Wildman–Crippen LogP) is 2.24. The van der Waals surface area contributed by atoms with Gasteiger partial charge in [-0.15, -0.1) is 0 Å². The number of aliphatic hydroxyl groups excluding tert-OH is 2. The maximum Gasteiger partial charge on any atom is 0.185 e. The molecular formula is C15H20N2O2S. The molecule has 1 heterocycles. The molecule has 4 nitrogen and oxygen atoms in total. The molecule has 0 aliphatic rings. The Morgan fingerprint density at radius 2 is 1.85 bits per heavy atom. The van der Waals surface area contributed by atoms with E-state index in [1.807, 2.05) is 43.3 Å². The molecule has 0 unspecified atom stereocenters. The van der Waals surface area contributed by atoms with Crippen LogP contribution in [0.3, 0.4) is 0 Å². The highest BCUT2D eigenvalue weighted by Crippen LogP contribution is 2.31. The van der Waals surface area contributed by atoms with Gasteiger partial charge in [0.15, 0.2) is 5.13 Å². The fraction of sp³-hybridized carbons (Fsp3) is 0.400. The van der Waals surface area contributed by atoms with E-state index in [2.05, 4.69) is 17.1 Å². The maximum atomic E-state index is 9.36. The number of hydrogen-bond donors (Lipinski definition) is 2. The van der Waals surface area contributed by atoms with E-state index in [1.165, 1.54) is 0 Å². The normalized spacial score (nSPS) is 11.6. The largest absolute Gasteiger partial charge is 0.396 e. The third-order valence-corrected chi connectivity index (χ3v) is 4.42. The van der Waals surface area contributed by atoms with Gasteiger partial charge in [-0.2, -0.15) is 0 Å². The van der Waals surface area contributed by atoms with Crippen LogP contribution in [0.15, 0.2) is 36.5 Å². The zero-order chi connectivity index (χ0) is 14.6. The smallest absolute Gasteiger partial charge is 0.185 e. The van der Waals surface area contributed by atoms with Crippen molar-refractivity contribution in [3.63, 3.8) is 0 Å². The molecular weight excluding hydrogens is 272 g/mol. The Kier molecular flexibility index (Phi) is 4.75. The standard InChI is InChI=1S/C15H20N2O2S/c1-15(10-18,11-19)9-17(2)14-16-8-13(20-14)12-6-4-3-5-7-12/h3-8,18-19H,9-11H2,1-2H3. The van der Waals surface area contributed by atoms with Crippen molar-refractivity contribution in [3.05, 3.63) is 36.5 Å². The number of anilines is 1. The van der Waals surface area contributed by atoms with Crippen molar-refractivity contribution in [2.45, 2.75) is 6.92 Å². The summed E-state index contributed by atoms with van der Waals surface area (Å²) in [5, 5.41) is 19.6. The van der Waals surface area contributed by atoms with Crippen molar-refractivity contribution >= 4 is 16.5 Å². The van der Waals surface area contributed by atoms with Gasteiger partial charge in [0, 0.05) is 25.2 Å². The minimum atomic E-state index is -0.521. The minimum Gasteiger partial charge on any atom is -0.396 e. The lowest BCUT2D eigenvalue weighted by atomic mass is 9.93. The van der Waals surface area contributed by atoms with Gasteiger partial charge < -0.3 is 15.1 Å². The van der Waals surface area contributed by atoms with Crippen molar-refractivity contribution in [1.29, 1.82) is 0 Å². The van der Waals surface area contributed by atoms with E-state index in [4.69, 9.17) is 0 Å². The fourth-order valence-electron chi connectivity index (χ4n) is 1.97. The molecule has 0 aliphatic heterocycles. The Morgan fingerprint density at radius 1 is 1.20 bits per heavy atom. The molecule has 0 amide bonds. The zero-order valence-electron chi connectivity index (χ0n) is 11.8. The molecule has 2 aromatic rings. The molecule has 0 aliphatic carbocycles. The third-order valence-electron chi connectivity index (χ3n) is 3.26. The zero-order valence-corrected chi connectivity index (χ0v) is 12.6. The number of aromatic nitrogens is 1. The molecule has 1 aromatic carbocycles.